The molecule has 22 heavy (non-hydrogen) atoms. The van der Waals surface area contributed by atoms with Crippen LogP contribution in [0.5, 0.6) is 5.75 Å². The minimum Gasteiger partial charge on any atom is -0.506 e. The van der Waals surface area contributed by atoms with Crippen molar-refractivity contribution in [2.45, 2.75) is 13.0 Å². The summed E-state index contributed by atoms with van der Waals surface area (Å²) >= 11 is 0. The molecule has 2 aromatic carbocycles. The van der Waals surface area contributed by atoms with E-state index < -0.39 is 11.0 Å². The van der Waals surface area contributed by atoms with Gasteiger partial charge in [0.1, 0.15) is 5.75 Å². The third kappa shape index (κ3) is 3.72. The van der Waals surface area contributed by atoms with Crippen LogP contribution in [0, 0.1) is 10.1 Å². The lowest BCUT2D eigenvalue weighted by atomic mass is 10.1. The number of hydrogen-bond acceptors (Lipinski definition) is 4. The summed E-state index contributed by atoms with van der Waals surface area (Å²) in [6.07, 6.45) is 0. The lowest BCUT2D eigenvalue weighted by Gasteiger charge is -2.15. The molecule has 0 heterocycles. The number of phenolic OH excluding ortho intramolecular Hbond substituents is 1. The summed E-state index contributed by atoms with van der Waals surface area (Å²) in [4.78, 5) is 21.9. The standard InChI is InChI=1S/C15H15N3O4/c1-10(11-5-3-2-4-6-11)16-15(20)17-13-8-7-12(18(21)22)9-14(13)19/h2-10,19H,1H3,(H2,16,17,20). The molecule has 0 bridgehead atoms. The summed E-state index contributed by atoms with van der Waals surface area (Å²) < 4.78 is 0. The van der Waals surface area contributed by atoms with Crippen LogP contribution in [0.1, 0.15) is 18.5 Å². The van der Waals surface area contributed by atoms with Crippen LogP contribution in [0.25, 0.3) is 0 Å². The second-order valence-electron chi connectivity index (χ2n) is 4.69. The van der Waals surface area contributed by atoms with Gasteiger partial charge in [0.05, 0.1) is 22.7 Å². The van der Waals surface area contributed by atoms with E-state index in [1.165, 1.54) is 12.1 Å². The van der Waals surface area contributed by atoms with Crippen LogP contribution in [-0.2, 0) is 0 Å². The monoisotopic (exact) mass is 301 g/mol. The number of nitrogens with one attached hydrogen (secondary N) is 2. The van der Waals surface area contributed by atoms with Gasteiger partial charge < -0.3 is 15.7 Å². The zero-order chi connectivity index (χ0) is 16.1. The van der Waals surface area contributed by atoms with Crippen molar-refractivity contribution in [1.29, 1.82) is 0 Å². The van der Waals surface area contributed by atoms with Gasteiger partial charge in [0.25, 0.3) is 5.69 Å². The quantitative estimate of drug-likeness (QED) is 0.458. The molecule has 2 rings (SSSR count). The molecule has 0 saturated carbocycles. The van der Waals surface area contributed by atoms with Crippen LogP contribution in [0.3, 0.4) is 0 Å². The Labute approximate surface area is 126 Å². The molecular formula is C15H15N3O4. The molecule has 114 valence electrons. The Kier molecular flexibility index (Phi) is 4.57. The molecule has 0 aliphatic rings. The molecule has 0 aliphatic carbocycles. The van der Waals surface area contributed by atoms with E-state index in [9.17, 15) is 20.0 Å². The number of nitro benzene ring substituents is 1. The summed E-state index contributed by atoms with van der Waals surface area (Å²) in [6.45, 7) is 1.82. The number of benzene rings is 2. The van der Waals surface area contributed by atoms with E-state index >= 15 is 0 Å². The van der Waals surface area contributed by atoms with Crippen molar-refractivity contribution in [2.24, 2.45) is 0 Å². The van der Waals surface area contributed by atoms with E-state index in [0.29, 0.717) is 0 Å². The first-order valence-corrected chi connectivity index (χ1v) is 6.57. The molecule has 2 aromatic rings. The Balaban J connectivity index is 2.02. The minimum atomic E-state index is -0.624. The molecule has 0 saturated heterocycles. The average molecular weight is 301 g/mol. The van der Waals surface area contributed by atoms with Gasteiger partial charge in [-0.25, -0.2) is 4.79 Å². The summed E-state index contributed by atoms with van der Waals surface area (Å²) in [5.41, 5.74) is 0.787. The molecule has 0 aromatic heterocycles. The Hall–Kier alpha value is -3.09. The number of nitro groups is 1. The highest BCUT2D eigenvalue weighted by molar-refractivity contribution is 5.91. The Morgan fingerprint density at radius 2 is 1.91 bits per heavy atom. The molecule has 0 radical (unpaired) electrons. The number of non-ortho nitro benzene ring substituents is 1. The zero-order valence-corrected chi connectivity index (χ0v) is 11.8. The highest BCUT2D eigenvalue weighted by Crippen LogP contribution is 2.27. The van der Waals surface area contributed by atoms with Crippen molar-refractivity contribution in [3.63, 3.8) is 0 Å². The van der Waals surface area contributed by atoms with Crippen LogP contribution >= 0.6 is 0 Å². The Bertz CT molecular complexity index is 688. The number of carbonyl (C=O) groups is 1. The number of aromatic hydroxyl groups is 1. The minimum absolute atomic E-state index is 0.100. The smallest absolute Gasteiger partial charge is 0.319 e. The van der Waals surface area contributed by atoms with E-state index in [0.717, 1.165) is 11.6 Å². The van der Waals surface area contributed by atoms with Crippen molar-refractivity contribution < 1.29 is 14.8 Å². The van der Waals surface area contributed by atoms with Crippen LogP contribution in [0.4, 0.5) is 16.2 Å². The van der Waals surface area contributed by atoms with Gasteiger partial charge in [0, 0.05) is 6.07 Å². The molecule has 0 aliphatic heterocycles. The van der Waals surface area contributed by atoms with Gasteiger partial charge in [0.15, 0.2) is 0 Å². The fourth-order valence-corrected chi connectivity index (χ4v) is 1.92. The molecule has 2 amide bonds. The van der Waals surface area contributed by atoms with E-state index in [2.05, 4.69) is 10.6 Å². The first-order chi connectivity index (χ1) is 10.5. The SMILES string of the molecule is CC(NC(=O)Nc1ccc([N+](=O)[O-])cc1O)c1ccccc1. The van der Waals surface area contributed by atoms with Crippen LogP contribution in [0.15, 0.2) is 48.5 Å². The fourth-order valence-electron chi connectivity index (χ4n) is 1.92. The van der Waals surface area contributed by atoms with Crippen LogP contribution < -0.4 is 10.6 Å². The van der Waals surface area contributed by atoms with Crippen molar-refractivity contribution in [2.75, 3.05) is 5.32 Å². The fraction of sp³-hybridized carbons (Fsp3) is 0.133. The second-order valence-corrected chi connectivity index (χ2v) is 4.69. The van der Waals surface area contributed by atoms with Crippen molar-refractivity contribution in [1.82, 2.24) is 5.32 Å². The van der Waals surface area contributed by atoms with E-state index in [-0.39, 0.29) is 23.2 Å². The number of rotatable bonds is 4. The number of hydrogen-bond donors (Lipinski definition) is 3. The van der Waals surface area contributed by atoms with Gasteiger partial charge >= 0.3 is 6.03 Å². The van der Waals surface area contributed by atoms with E-state index in [4.69, 9.17) is 0 Å². The average Bonchev–Trinajstić information content (AvgIpc) is 2.50. The first kappa shape index (κ1) is 15.3. The van der Waals surface area contributed by atoms with Gasteiger partial charge in [-0.1, -0.05) is 30.3 Å². The lowest BCUT2D eigenvalue weighted by molar-refractivity contribution is -0.384. The van der Waals surface area contributed by atoms with Crippen molar-refractivity contribution in [3.05, 3.63) is 64.2 Å². The topological polar surface area (TPSA) is 104 Å². The number of carbonyl (C=O) groups excluding carboxylic acids is 1. The number of urea groups is 1. The zero-order valence-electron chi connectivity index (χ0n) is 11.8. The van der Waals surface area contributed by atoms with Crippen molar-refractivity contribution in [3.8, 4) is 5.75 Å². The summed E-state index contributed by atoms with van der Waals surface area (Å²) in [5.74, 6) is -0.364. The Morgan fingerprint density at radius 1 is 1.23 bits per heavy atom. The van der Waals surface area contributed by atoms with E-state index in [1.54, 1.807) is 0 Å². The van der Waals surface area contributed by atoms with Gasteiger partial charge in [0.2, 0.25) is 0 Å². The largest absolute Gasteiger partial charge is 0.506 e. The van der Waals surface area contributed by atoms with Crippen molar-refractivity contribution >= 4 is 17.4 Å². The molecule has 7 heteroatoms. The molecule has 1 atom stereocenters. The maximum Gasteiger partial charge on any atom is 0.319 e. The van der Waals surface area contributed by atoms with Gasteiger partial charge in [-0.15, -0.1) is 0 Å². The molecular weight excluding hydrogens is 286 g/mol. The number of phenols is 1. The van der Waals surface area contributed by atoms with Crippen LogP contribution in [0.2, 0.25) is 0 Å². The number of nitrogens with zero attached hydrogens (tertiary/aromatic N) is 1. The third-order valence-electron chi connectivity index (χ3n) is 3.09. The molecule has 1 unspecified atom stereocenters. The van der Waals surface area contributed by atoms with Crippen LogP contribution in [-0.4, -0.2) is 16.1 Å². The highest BCUT2D eigenvalue weighted by atomic mass is 16.6. The first-order valence-electron chi connectivity index (χ1n) is 6.57. The van der Waals surface area contributed by atoms with Gasteiger partial charge in [-0.2, -0.15) is 0 Å². The predicted octanol–water partition coefficient (Wildman–Crippen LogP) is 3.18. The highest BCUT2D eigenvalue weighted by Gasteiger charge is 2.13. The normalized spacial score (nSPS) is 11.5. The Morgan fingerprint density at radius 3 is 2.50 bits per heavy atom. The van der Waals surface area contributed by atoms with Gasteiger partial charge in [-0.05, 0) is 18.6 Å². The molecule has 0 spiro atoms. The molecule has 3 N–H and O–H groups in total. The maximum absolute atomic E-state index is 11.9. The lowest BCUT2D eigenvalue weighted by Crippen LogP contribution is -2.31. The maximum atomic E-state index is 11.9. The molecule has 7 nitrogen and oxygen atoms in total. The van der Waals surface area contributed by atoms with E-state index in [1.807, 2.05) is 37.3 Å². The third-order valence-corrected chi connectivity index (χ3v) is 3.09. The second kappa shape index (κ2) is 6.57. The molecule has 0 fully saturated rings. The number of amides is 2. The number of anilines is 1. The predicted molar refractivity (Wildman–Crippen MR) is 81.8 cm³/mol. The van der Waals surface area contributed by atoms with Gasteiger partial charge in [-0.3, -0.25) is 10.1 Å². The summed E-state index contributed by atoms with van der Waals surface area (Å²) in [5, 5.41) is 25.4. The summed E-state index contributed by atoms with van der Waals surface area (Å²) in [7, 11) is 0. The summed E-state index contributed by atoms with van der Waals surface area (Å²) in [6, 6.07) is 12.1.